The summed E-state index contributed by atoms with van der Waals surface area (Å²) in [5, 5.41) is 27.2. The molecule has 1 saturated heterocycles. The number of carbonyl (C=O) groups is 1. The van der Waals surface area contributed by atoms with Gasteiger partial charge in [0.2, 0.25) is 11.7 Å². The Hall–Kier alpha value is -2.36. The fraction of sp³-hybridized carbons (Fsp3) is 0.579. The van der Waals surface area contributed by atoms with Crippen LogP contribution in [0.15, 0.2) is 18.2 Å². The highest BCUT2D eigenvalue weighted by atomic mass is 16.3. The molecular formula is C19H27N7O2. The molecule has 9 nitrogen and oxygen atoms in total. The summed E-state index contributed by atoms with van der Waals surface area (Å²) >= 11 is 0. The number of aliphatic hydroxyl groups is 1. The molecule has 150 valence electrons. The molecule has 0 saturated carbocycles. The zero-order valence-corrected chi connectivity index (χ0v) is 16.5. The van der Waals surface area contributed by atoms with Gasteiger partial charge in [-0.3, -0.25) is 9.69 Å². The van der Waals surface area contributed by atoms with Crippen molar-refractivity contribution in [3.8, 4) is 11.4 Å². The summed E-state index contributed by atoms with van der Waals surface area (Å²) < 4.78 is 0. The number of aromatic amines is 1. The van der Waals surface area contributed by atoms with Crippen molar-refractivity contribution in [1.29, 1.82) is 0 Å². The fourth-order valence-corrected chi connectivity index (χ4v) is 4.20. The quantitative estimate of drug-likeness (QED) is 0.687. The van der Waals surface area contributed by atoms with E-state index >= 15 is 0 Å². The van der Waals surface area contributed by atoms with Gasteiger partial charge >= 0.3 is 0 Å². The highest BCUT2D eigenvalue weighted by molar-refractivity contribution is 5.98. The smallest absolute Gasteiger partial charge is 0.241 e. The number of hydrogen-bond acceptors (Lipinski definition) is 7. The lowest BCUT2D eigenvalue weighted by atomic mass is 9.86. The van der Waals surface area contributed by atoms with E-state index in [2.05, 4.69) is 57.7 Å². The highest BCUT2D eigenvalue weighted by Gasteiger charge is 2.39. The second kappa shape index (κ2) is 7.23. The molecule has 2 aliphatic heterocycles. The summed E-state index contributed by atoms with van der Waals surface area (Å²) in [6, 6.07) is 6.25. The van der Waals surface area contributed by atoms with E-state index in [-0.39, 0.29) is 24.0 Å². The maximum atomic E-state index is 13.3. The first-order valence-electron chi connectivity index (χ1n) is 9.66. The van der Waals surface area contributed by atoms with Gasteiger partial charge in [0.05, 0.1) is 13.2 Å². The first-order chi connectivity index (χ1) is 13.4. The van der Waals surface area contributed by atoms with E-state index in [0.717, 1.165) is 23.4 Å². The van der Waals surface area contributed by atoms with Crippen molar-refractivity contribution in [2.75, 3.05) is 37.7 Å². The second-order valence-electron chi connectivity index (χ2n) is 8.41. The molecule has 28 heavy (non-hydrogen) atoms. The van der Waals surface area contributed by atoms with Crippen molar-refractivity contribution in [3.63, 3.8) is 0 Å². The molecule has 3 heterocycles. The molecule has 2 aliphatic rings. The van der Waals surface area contributed by atoms with Gasteiger partial charge in [-0.15, -0.1) is 10.2 Å². The van der Waals surface area contributed by atoms with E-state index in [1.165, 1.54) is 0 Å². The Morgan fingerprint density at radius 3 is 2.93 bits per heavy atom. The Morgan fingerprint density at radius 1 is 1.39 bits per heavy atom. The molecule has 3 N–H and O–H groups in total. The minimum Gasteiger partial charge on any atom is -0.395 e. The lowest BCUT2D eigenvalue weighted by molar-refractivity contribution is -0.121. The van der Waals surface area contributed by atoms with Crippen molar-refractivity contribution in [3.05, 3.63) is 23.8 Å². The number of hydrogen-bond donors (Lipinski definition) is 3. The van der Waals surface area contributed by atoms with Crippen LogP contribution in [0.3, 0.4) is 0 Å². The molecule has 2 atom stereocenters. The van der Waals surface area contributed by atoms with Gasteiger partial charge in [0.15, 0.2) is 0 Å². The maximum Gasteiger partial charge on any atom is 0.241 e. The zero-order chi connectivity index (χ0) is 19.9. The number of fused-ring (bicyclic) bond motifs is 1. The largest absolute Gasteiger partial charge is 0.395 e. The van der Waals surface area contributed by atoms with Crippen LogP contribution in [0.1, 0.15) is 26.3 Å². The Balaban J connectivity index is 1.60. The SMILES string of the molecule is CC1CN(CC(=O)N2CC(C)(C)c3ccc(-c4nn[nH]n4)cc32)[C@@H](CO)CN1. The molecule has 1 fully saturated rings. The van der Waals surface area contributed by atoms with Crippen LogP contribution in [-0.4, -0.2) is 81.4 Å². The number of benzene rings is 1. The van der Waals surface area contributed by atoms with Crippen LogP contribution in [0, 0.1) is 0 Å². The standard InChI is InChI=1S/C19H27N7O2/c1-12-8-25(14(10-27)7-20-12)9-17(28)26-11-19(2,3)15-5-4-13(6-16(15)26)18-21-23-24-22-18/h4-6,12,14,20,27H,7-11H2,1-3H3,(H,21,22,23,24)/t12?,14-/m1/s1. The minimum absolute atomic E-state index is 0.0387. The summed E-state index contributed by atoms with van der Waals surface area (Å²) in [5.74, 6) is 0.556. The second-order valence-corrected chi connectivity index (χ2v) is 8.41. The number of rotatable bonds is 4. The Labute approximate surface area is 164 Å². The molecule has 1 unspecified atom stereocenters. The number of nitrogens with one attached hydrogen (secondary N) is 2. The van der Waals surface area contributed by atoms with Gasteiger partial charge < -0.3 is 15.3 Å². The number of carbonyl (C=O) groups excluding carboxylic acids is 1. The van der Waals surface area contributed by atoms with E-state index in [1.54, 1.807) is 0 Å². The van der Waals surface area contributed by atoms with E-state index in [0.29, 0.717) is 31.5 Å². The molecule has 0 bridgehead atoms. The van der Waals surface area contributed by atoms with E-state index in [9.17, 15) is 9.90 Å². The zero-order valence-electron chi connectivity index (χ0n) is 16.5. The molecule has 0 radical (unpaired) electrons. The predicted molar refractivity (Wildman–Crippen MR) is 105 cm³/mol. The number of tetrazole rings is 1. The molecule has 1 aromatic heterocycles. The number of piperazine rings is 1. The highest BCUT2D eigenvalue weighted by Crippen LogP contribution is 2.42. The molecule has 9 heteroatoms. The van der Waals surface area contributed by atoms with Gasteiger partial charge in [-0.05, 0) is 23.8 Å². The normalized spacial score (nSPS) is 24.4. The number of amides is 1. The first kappa shape index (κ1) is 19.0. The average molecular weight is 385 g/mol. The lowest BCUT2D eigenvalue weighted by Gasteiger charge is -2.38. The Kier molecular flexibility index (Phi) is 4.90. The summed E-state index contributed by atoms with van der Waals surface area (Å²) in [6.45, 7) is 8.78. The average Bonchev–Trinajstić information content (AvgIpc) is 3.28. The van der Waals surface area contributed by atoms with Crippen molar-refractivity contribution in [2.24, 2.45) is 0 Å². The number of anilines is 1. The minimum atomic E-state index is -0.131. The fourth-order valence-electron chi connectivity index (χ4n) is 4.20. The molecule has 1 aromatic carbocycles. The number of aromatic nitrogens is 4. The monoisotopic (exact) mass is 385 g/mol. The summed E-state index contributed by atoms with van der Waals surface area (Å²) in [5.41, 5.74) is 2.74. The van der Waals surface area contributed by atoms with Crippen LogP contribution >= 0.6 is 0 Å². The van der Waals surface area contributed by atoms with Crippen LogP contribution < -0.4 is 10.2 Å². The van der Waals surface area contributed by atoms with Gasteiger partial charge in [0.25, 0.3) is 0 Å². The molecule has 0 aliphatic carbocycles. The Bertz CT molecular complexity index is 852. The third kappa shape index (κ3) is 3.41. The van der Waals surface area contributed by atoms with E-state index in [4.69, 9.17) is 0 Å². The van der Waals surface area contributed by atoms with Gasteiger partial charge in [-0.1, -0.05) is 26.0 Å². The van der Waals surface area contributed by atoms with E-state index in [1.807, 2.05) is 17.0 Å². The molecule has 2 aromatic rings. The molecule has 0 spiro atoms. The van der Waals surface area contributed by atoms with Crippen molar-refractivity contribution < 1.29 is 9.90 Å². The van der Waals surface area contributed by atoms with Crippen LogP contribution in [0.25, 0.3) is 11.4 Å². The topological polar surface area (TPSA) is 110 Å². The number of H-pyrrole nitrogens is 1. The third-order valence-corrected chi connectivity index (χ3v) is 5.75. The van der Waals surface area contributed by atoms with Crippen LogP contribution in [0.2, 0.25) is 0 Å². The van der Waals surface area contributed by atoms with Crippen molar-refractivity contribution in [2.45, 2.75) is 38.3 Å². The molecular weight excluding hydrogens is 358 g/mol. The van der Waals surface area contributed by atoms with Gasteiger partial charge in [-0.25, -0.2) is 0 Å². The van der Waals surface area contributed by atoms with Gasteiger partial charge in [0, 0.05) is 48.4 Å². The molecule has 1 amide bonds. The lowest BCUT2D eigenvalue weighted by Crippen LogP contribution is -2.59. The van der Waals surface area contributed by atoms with E-state index < -0.39 is 0 Å². The maximum absolute atomic E-state index is 13.3. The third-order valence-electron chi connectivity index (χ3n) is 5.75. The predicted octanol–water partition coefficient (Wildman–Crippen LogP) is 0.146. The first-order valence-corrected chi connectivity index (χ1v) is 9.66. The number of nitrogens with zero attached hydrogens (tertiary/aromatic N) is 5. The van der Waals surface area contributed by atoms with Gasteiger partial charge in [-0.2, -0.15) is 5.21 Å². The van der Waals surface area contributed by atoms with Crippen molar-refractivity contribution >= 4 is 11.6 Å². The van der Waals surface area contributed by atoms with Crippen LogP contribution in [0.4, 0.5) is 5.69 Å². The van der Waals surface area contributed by atoms with Crippen LogP contribution in [-0.2, 0) is 10.2 Å². The number of aliphatic hydroxyl groups excluding tert-OH is 1. The summed E-state index contributed by atoms with van der Waals surface area (Å²) in [7, 11) is 0. The van der Waals surface area contributed by atoms with Gasteiger partial charge in [0.1, 0.15) is 0 Å². The molecule has 4 rings (SSSR count). The Morgan fingerprint density at radius 2 is 2.21 bits per heavy atom. The summed E-state index contributed by atoms with van der Waals surface area (Å²) in [6.07, 6.45) is 0. The van der Waals surface area contributed by atoms with Crippen molar-refractivity contribution in [1.82, 2.24) is 30.8 Å². The summed E-state index contributed by atoms with van der Waals surface area (Å²) in [4.78, 5) is 17.2. The van der Waals surface area contributed by atoms with Crippen LogP contribution in [0.5, 0.6) is 0 Å².